The molecule has 1 aliphatic rings. The van der Waals surface area contributed by atoms with Gasteiger partial charge in [-0.05, 0) is 80.6 Å². The zero-order valence-electron chi connectivity index (χ0n) is 23.5. The van der Waals surface area contributed by atoms with Crippen LogP contribution in [0.15, 0.2) is 42.6 Å². The zero-order chi connectivity index (χ0) is 32.3. The SMILES string of the molecule is COc1ccc2ncc(Cl)c(C(F)CCC3(CC(=O)O)CCN(CC#Cc4cc(C(F)(F)F)cc(C(F)(F)F)c4)CC3)c2c1. The standard InChI is InChI=1S/C31H28ClF7N2O3/c1-44-22-4-5-26-23(16-22)28(24(32)18-40-26)25(33)6-7-29(17-27(42)43)8-11-41(12-9-29)10-2-3-19-13-20(30(34,35)36)15-21(14-19)31(37,38)39/h4-5,13-16,18,25H,6-12,17H2,1H3,(H,42,43). The highest BCUT2D eigenvalue weighted by Gasteiger charge is 2.38. The van der Waals surface area contributed by atoms with E-state index in [0.29, 0.717) is 54.7 Å². The molecule has 0 aliphatic carbocycles. The van der Waals surface area contributed by atoms with Crippen LogP contribution in [0.25, 0.3) is 10.9 Å². The first kappa shape index (κ1) is 33.3. The minimum absolute atomic E-state index is 0.000212. The van der Waals surface area contributed by atoms with E-state index in [4.69, 9.17) is 16.3 Å². The Morgan fingerprint density at radius 2 is 1.73 bits per heavy atom. The fourth-order valence-corrected chi connectivity index (χ4v) is 5.76. The van der Waals surface area contributed by atoms with E-state index in [1.165, 1.54) is 13.3 Å². The number of carboxylic acids is 1. The molecule has 1 atom stereocenters. The van der Waals surface area contributed by atoms with Crippen LogP contribution in [0, 0.1) is 17.3 Å². The zero-order valence-corrected chi connectivity index (χ0v) is 24.2. The molecule has 1 aliphatic heterocycles. The summed E-state index contributed by atoms with van der Waals surface area (Å²) in [6.45, 7) is 0.782. The van der Waals surface area contributed by atoms with Gasteiger partial charge in [-0.15, -0.1) is 0 Å². The van der Waals surface area contributed by atoms with Gasteiger partial charge < -0.3 is 9.84 Å². The van der Waals surface area contributed by atoms with Gasteiger partial charge in [-0.1, -0.05) is 23.4 Å². The molecule has 1 unspecified atom stereocenters. The number of ether oxygens (including phenoxy) is 1. The van der Waals surface area contributed by atoms with E-state index in [0.717, 1.165) is 0 Å². The van der Waals surface area contributed by atoms with Gasteiger partial charge in [0.05, 0.1) is 41.7 Å². The molecule has 2 aromatic carbocycles. The molecule has 1 saturated heterocycles. The van der Waals surface area contributed by atoms with Crippen LogP contribution < -0.4 is 4.74 Å². The molecule has 0 bridgehead atoms. The van der Waals surface area contributed by atoms with Crippen molar-refractivity contribution < 1.29 is 45.4 Å². The molecule has 13 heteroatoms. The van der Waals surface area contributed by atoms with Gasteiger partial charge in [0.25, 0.3) is 0 Å². The largest absolute Gasteiger partial charge is 0.497 e. The minimum atomic E-state index is -4.97. The summed E-state index contributed by atoms with van der Waals surface area (Å²) in [6, 6.07) is 6.21. The van der Waals surface area contributed by atoms with E-state index in [1.807, 2.05) is 4.90 Å². The summed E-state index contributed by atoms with van der Waals surface area (Å²) in [5.74, 6) is 4.50. The maximum atomic E-state index is 15.8. The first-order chi connectivity index (χ1) is 20.6. The summed E-state index contributed by atoms with van der Waals surface area (Å²) in [4.78, 5) is 17.8. The molecule has 1 fully saturated rings. The lowest BCUT2D eigenvalue weighted by atomic mass is 9.71. The van der Waals surface area contributed by atoms with Crippen molar-refractivity contribution in [3.8, 4) is 17.6 Å². The smallest absolute Gasteiger partial charge is 0.416 e. The van der Waals surface area contributed by atoms with Crippen LogP contribution in [-0.4, -0.2) is 47.7 Å². The van der Waals surface area contributed by atoms with Crippen LogP contribution in [0.5, 0.6) is 5.75 Å². The molecule has 4 rings (SSSR count). The monoisotopic (exact) mass is 644 g/mol. The number of hydrogen-bond acceptors (Lipinski definition) is 4. The Morgan fingerprint density at radius 3 is 2.30 bits per heavy atom. The van der Waals surface area contributed by atoms with Crippen LogP contribution in [0.4, 0.5) is 30.7 Å². The van der Waals surface area contributed by atoms with Crippen molar-refractivity contribution in [2.24, 2.45) is 5.41 Å². The van der Waals surface area contributed by atoms with Crippen LogP contribution in [0.3, 0.4) is 0 Å². The lowest BCUT2D eigenvalue weighted by Gasteiger charge is -2.41. The normalized spacial score (nSPS) is 16.3. The van der Waals surface area contributed by atoms with Gasteiger partial charge in [0, 0.05) is 22.7 Å². The fraction of sp³-hybridized carbons (Fsp3) is 0.419. The number of carbonyl (C=O) groups is 1. The number of methoxy groups -OCH3 is 1. The topological polar surface area (TPSA) is 62.7 Å². The molecular formula is C31H28ClF7N2O3. The quantitative estimate of drug-likeness (QED) is 0.197. The molecule has 0 radical (unpaired) electrons. The summed E-state index contributed by atoms with van der Waals surface area (Å²) in [5.41, 5.74) is -3.26. The third kappa shape index (κ3) is 8.12. The number of benzene rings is 2. The summed E-state index contributed by atoms with van der Waals surface area (Å²) in [6.07, 6.45) is -9.27. The number of fused-ring (bicyclic) bond motifs is 1. The van der Waals surface area contributed by atoms with Crippen LogP contribution in [0.1, 0.15) is 60.5 Å². The van der Waals surface area contributed by atoms with E-state index in [2.05, 4.69) is 16.8 Å². The maximum Gasteiger partial charge on any atom is 0.416 e. The van der Waals surface area contributed by atoms with Crippen molar-refractivity contribution in [1.82, 2.24) is 9.88 Å². The number of aliphatic carboxylic acids is 1. The predicted octanol–water partition coefficient (Wildman–Crippen LogP) is 8.33. The Bertz CT molecular complexity index is 1540. The number of rotatable bonds is 8. The lowest BCUT2D eigenvalue weighted by molar-refractivity contribution is -0.143. The second kappa shape index (κ2) is 13.2. The van der Waals surface area contributed by atoms with E-state index in [1.54, 1.807) is 18.2 Å². The molecule has 236 valence electrons. The number of likely N-dealkylation sites (tertiary alicyclic amines) is 1. The van der Waals surface area contributed by atoms with Crippen molar-refractivity contribution >= 4 is 28.5 Å². The van der Waals surface area contributed by atoms with E-state index in [-0.39, 0.29) is 42.5 Å². The number of carboxylic acid groups (broad SMARTS) is 1. The second-order valence-corrected chi connectivity index (χ2v) is 11.3. The number of piperidine rings is 1. The molecule has 44 heavy (non-hydrogen) atoms. The number of halogens is 8. The van der Waals surface area contributed by atoms with Gasteiger partial charge in [0.15, 0.2) is 0 Å². The van der Waals surface area contributed by atoms with Gasteiger partial charge in [0.2, 0.25) is 0 Å². The predicted molar refractivity (Wildman–Crippen MR) is 150 cm³/mol. The van der Waals surface area contributed by atoms with Gasteiger partial charge in [-0.2, -0.15) is 26.3 Å². The summed E-state index contributed by atoms with van der Waals surface area (Å²) < 4.78 is 99.8. The highest BCUT2D eigenvalue weighted by atomic mass is 35.5. The highest BCUT2D eigenvalue weighted by Crippen LogP contribution is 2.44. The maximum absolute atomic E-state index is 15.8. The van der Waals surface area contributed by atoms with Crippen LogP contribution in [0.2, 0.25) is 5.02 Å². The van der Waals surface area contributed by atoms with Crippen LogP contribution in [-0.2, 0) is 17.1 Å². The number of pyridine rings is 1. The average Bonchev–Trinajstić information content (AvgIpc) is 2.95. The van der Waals surface area contributed by atoms with E-state index >= 15 is 4.39 Å². The second-order valence-electron chi connectivity index (χ2n) is 10.9. The molecule has 3 aromatic rings. The number of aromatic nitrogens is 1. The van der Waals surface area contributed by atoms with Gasteiger partial charge in [-0.3, -0.25) is 14.7 Å². The number of nitrogens with zero attached hydrogens (tertiary/aromatic N) is 2. The Balaban J connectivity index is 1.45. The van der Waals surface area contributed by atoms with Crippen molar-refractivity contribution in [2.45, 2.75) is 50.6 Å². The summed E-state index contributed by atoms with van der Waals surface area (Å²) in [7, 11) is 1.48. The molecule has 1 N–H and O–H groups in total. The molecule has 0 saturated carbocycles. The van der Waals surface area contributed by atoms with Crippen molar-refractivity contribution in [1.29, 1.82) is 0 Å². The lowest BCUT2D eigenvalue weighted by Crippen LogP contribution is -2.41. The first-order valence-electron chi connectivity index (χ1n) is 13.6. The van der Waals surface area contributed by atoms with Gasteiger partial charge >= 0.3 is 18.3 Å². The molecule has 1 aromatic heterocycles. The Kier molecular flexibility index (Phi) is 10.0. The third-order valence-corrected chi connectivity index (χ3v) is 8.18. The minimum Gasteiger partial charge on any atom is -0.497 e. The van der Waals surface area contributed by atoms with Crippen molar-refractivity contribution in [3.05, 3.63) is 69.9 Å². The Labute approximate surface area is 254 Å². The summed E-state index contributed by atoms with van der Waals surface area (Å²) >= 11 is 6.34. The van der Waals surface area contributed by atoms with Crippen molar-refractivity contribution in [2.75, 3.05) is 26.7 Å². The first-order valence-corrected chi connectivity index (χ1v) is 14.0. The molecule has 0 spiro atoms. The van der Waals surface area contributed by atoms with Gasteiger partial charge in [0.1, 0.15) is 11.9 Å². The fourth-order valence-electron chi connectivity index (χ4n) is 5.49. The third-order valence-electron chi connectivity index (χ3n) is 7.88. The Morgan fingerprint density at radius 1 is 1.09 bits per heavy atom. The number of hydrogen-bond donors (Lipinski definition) is 1. The molecule has 0 amide bonds. The Hall–Kier alpha value is -3.56. The molecule has 5 nitrogen and oxygen atoms in total. The van der Waals surface area contributed by atoms with E-state index < -0.39 is 46.6 Å². The summed E-state index contributed by atoms with van der Waals surface area (Å²) in [5, 5.41) is 10.3. The van der Waals surface area contributed by atoms with E-state index in [9.17, 15) is 36.2 Å². The van der Waals surface area contributed by atoms with Crippen molar-refractivity contribution in [3.63, 3.8) is 0 Å². The van der Waals surface area contributed by atoms with Crippen LogP contribution >= 0.6 is 11.6 Å². The highest BCUT2D eigenvalue weighted by molar-refractivity contribution is 6.32. The molecule has 2 heterocycles. The van der Waals surface area contributed by atoms with Gasteiger partial charge in [-0.25, -0.2) is 4.39 Å². The number of alkyl halides is 7. The molecular weight excluding hydrogens is 617 g/mol. The average molecular weight is 645 g/mol.